The van der Waals surface area contributed by atoms with E-state index in [-0.39, 0.29) is 23.8 Å². The number of rotatable bonds is 9. The largest absolute Gasteiger partial charge is 0.498 e. The van der Waals surface area contributed by atoms with Crippen molar-refractivity contribution in [1.29, 1.82) is 0 Å². The maximum absolute atomic E-state index is 13.8. The zero-order chi connectivity index (χ0) is 34.3. The first-order chi connectivity index (χ1) is 22.9. The van der Waals surface area contributed by atoms with Gasteiger partial charge in [-0.1, -0.05) is 87.5 Å². The molecule has 3 aliphatic rings. The maximum atomic E-state index is 13.8. The highest BCUT2D eigenvalue weighted by Gasteiger charge is 2.60. The van der Waals surface area contributed by atoms with Crippen LogP contribution in [0.4, 0.5) is 4.79 Å². The number of fused-ring (bicyclic) bond motifs is 1. The molecule has 1 aliphatic heterocycles. The fraction of sp³-hybridized carbons (Fsp3) is 0.462. The molecule has 0 aromatic heterocycles. The lowest BCUT2D eigenvalue weighted by Gasteiger charge is -2.57. The van der Waals surface area contributed by atoms with Gasteiger partial charge < -0.3 is 33.4 Å². The number of hydrogen-bond acceptors (Lipinski definition) is 7. The Hall–Kier alpha value is -3.79. The number of aliphatic hydroxyl groups is 1. The Kier molecular flexibility index (Phi) is 9.41. The molecule has 1 N–H and O–H groups in total. The summed E-state index contributed by atoms with van der Waals surface area (Å²) in [5, 5.41) is 12.0. The van der Waals surface area contributed by atoms with E-state index in [9.17, 15) is 9.90 Å². The smallest absolute Gasteiger partial charge is 0.410 e. The minimum Gasteiger partial charge on any atom is -0.498 e. The van der Waals surface area contributed by atoms with Crippen LogP contribution >= 0.6 is 0 Å². The van der Waals surface area contributed by atoms with E-state index in [1.807, 2.05) is 71.6 Å². The second kappa shape index (κ2) is 13.3. The molecule has 8 nitrogen and oxygen atoms in total. The van der Waals surface area contributed by atoms with E-state index in [4.69, 9.17) is 23.4 Å². The molecule has 0 saturated carbocycles. The van der Waals surface area contributed by atoms with E-state index < -0.39 is 25.9 Å². The zero-order valence-corrected chi connectivity index (χ0v) is 30.2. The van der Waals surface area contributed by atoms with Gasteiger partial charge >= 0.3 is 6.09 Å². The van der Waals surface area contributed by atoms with E-state index in [1.165, 1.54) is 0 Å². The summed E-state index contributed by atoms with van der Waals surface area (Å²) in [4.78, 5) is 15.6. The fourth-order valence-corrected chi connectivity index (χ4v) is 8.82. The fourth-order valence-electron chi connectivity index (χ4n) is 7.50. The van der Waals surface area contributed by atoms with Crippen molar-refractivity contribution in [1.82, 2.24) is 4.90 Å². The van der Waals surface area contributed by atoms with Crippen molar-refractivity contribution in [2.45, 2.75) is 95.0 Å². The van der Waals surface area contributed by atoms with E-state index in [2.05, 4.69) is 39.9 Å². The van der Waals surface area contributed by atoms with E-state index in [0.29, 0.717) is 49.7 Å². The molecule has 256 valence electrons. The second-order valence-corrected chi connectivity index (χ2v) is 19.5. The van der Waals surface area contributed by atoms with Gasteiger partial charge in [-0.3, -0.25) is 0 Å². The summed E-state index contributed by atoms with van der Waals surface area (Å²) in [7, 11) is 0.958. The molecule has 0 spiro atoms. The number of aliphatic hydroxyl groups excluding tert-OH is 1. The van der Waals surface area contributed by atoms with Crippen molar-refractivity contribution in [3.63, 3.8) is 0 Å². The quantitative estimate of drug-likeness (QED) is 0.235. The summed E-state index contributed by atoms with van der Waals surface area (Å²) in [6.07, 6.45) is -0.262. The first-order valence-corrected chi connectivity index (χ1v) is 19.8. The molecule has 3 aromatic carbocycles. The van der Waals surface area contributed by atoms with Crippen molar-refractivity contribution in [2.24, 2.45) is 0 Å². The van der Waals surface area contributed by atoms with E-state index in [1.54, 1.807) is 14.2 Å². The topological polar surface area (TPSA) is 86.7 Å². The molecule has 2 bridgehead atoms. The van der Waals surface area contributed by atoms with Crippen LogP contribution in [0.15, 0.2) is 84.1 Å². The lowest BCUT2D eigenvalue weighted by Crippen LogP contribution is -2.62. The highest BCUT2D eigenvalue weighted by atomic mass is 28.4. The Morgan fingerprint density at radius 1 is 0.938 bits per heavy atom. The molecule has 1 fully saturated rings. The summed E-state index contributed by atoms with van der Waals surface area (Å²) in [6.45, 7) is 12.1. The molecular weight excluding hydrogens is 623 g/mol. The van der Waals surface area contributed by atoms with Gasteiger partial charge in [0.1, 0.15) is 25.1 Å². The van der Waals surface area contributed by atoms with Gasteiger partial charge in [-0.15, -0.1) is 0 Å². The van der Waals surface area contributed by atoms with Gasteiger partial charge in [-0.2, -0.15) is 0 Å². The van der Waals surface area contributed by atoms with Gasteiger partial charge in [0.25, 0.3) is 0 Å². The van der Waals surface area contributed by atoms with Gasteiger partial charge in [-0.05, 0) is 60.2 Å². The zero-order valence-electron chi connectivity index (χ0n) is 29.2. The first-order valence-electron chi connectivity index (χ1n) is 16.9. The minimum atomic E-state index is -2.31. The number of nitrogens with zero attached hydrogens (tertiary/aromatic N) is 1. The summed E-state index contributed by atoms with van der Waals surface area (Å²) in [5.41, 5.74) is 4.35. The highest BCUT2D eigenvalue weighted by molar-refractivity contribution is 6.74. The molecule has 0 unspecified atom stereocenters. The van der Waals surface area contributed by atoms with Crippen molar-refractivity contribution >= 4 is 14.4 Å². The van der Waals surface area contributed by atoms with Crippen LogP contribution in [0.5, 0.6) is 11.5 Å². The van der Waals surface area contributed by atoms with Gasteiger partial charge in [0.15, 0.2) is 19.8 Å². The summed E-state index contributed by atoms with van der Waals surface area (Å²) in [5.74, 6) is 1.80. The number of hydrogen-bond donors (Lipinski definition) is 1. The highest BCUT2D eigenvalue weighted by Crippen LogP contribution is 2.60. The molecule has 4 atom stereocenters. The molecule has 2 aliphatic carbocycles. The van der Waals surface area contributed by atoms with Crippen LogP contribution in [0.3, 0.4) is 0 Å². The minimum absolute atomic E-state index is 0.0618. The Morgan fingerprint density at radius 2 is 1.58 bits per heavy atom. The average Bonchev–Trinajstić information content (AvgIpc) is 3.06. The van der Waals surface area contributed by atoms with Crippen LogP contribution in [0, 0.1) is 0 Å². The Bertz CT molecular complexity index is 1650. The lowest BCUT2D eigenvalue weighted by molar-refractivity contribution is -0.0291. The van der Waals surface area contributed by atoms with Gasteiger partial charge in [0.2, 0.25) is 0 Å². The molecular formula is C39H49NO7Si. The van der Waals surface area contributed by atoms with E-state index >= 15 is 0 Å². The van der Waals surface area contributed by atoms with Gasteiger partial charge in [0, 0.05) is 23.1 Å². The predicted molar refractivity (Wildman–Crippen MR) is 188 cm³/mol. The van der Waals surface area contributed by atoms with Gasteiger partial charge in [0.05, 0.1) is 26.4 Å². The van der Waals surface area contributed by atoms with Crippen LogP contribution < -0.4 is 9.47 Å². The SMILES string of the molecule is COC1=C2[C@H]3Cc4ccc(OC)c(OCc5ccccc5)c4[C@@]2(CCN3C(=O)OCc2ccccc2)C[C@H](O[Si](C)(C)C(C)(C)C)[C@H]1O. The number of piperidine rings is 1. The maximum Gasteiger partial charge on any atom is 0.410 e. The van der Waals surface area contributed by atoms with Gasteiger partial charge in [-0.25, -0.2) is 4.79 Å². The normalized spacial score (nSPS) is 23.6. The molecule has 9 heteroatoms. The van der Waals surface area contributed by atoms with Crippen LogP contribution in [0.2, 0.25) is 18.1 Å². The lowest BCUT2D eigenvalue weighted by atomic mass is 9.55. The van der Waals surface area contributed by atoms with Crippen molar-refractivity contribution in [2.75, 3.05) is 20.8 Å². The molecule has 6 rings (SSSR count). The Labute approximate surface area is 285 Å². The first kappa shape index (κ1) is 34.1. The molecule has 3 aromatic rings. The summed E-state index contributed by atoms with van der Waals surface area (Å²) < 4.78 is 31.7. The number of ether oxygens (including phenoxy) is 4. The Balaban J connectivity index is 1.47. The number of amides is 1. The monoisotopic (exact) mass is 671 g/mol. The Morgan fingerprint density at radius 3 is 2.19 bits per heavy atom. The molecule has 0 radical (unpaired) electrons. The van der Waals surface area contributed by atoms with Crippen LogP contribution in [0.25, 0.3) is 0 Å². The molecule has 1 saturated heterocycles. The van der Waals surface area contributed by atoms with Crippen molar-refractivity contribution in [3.8, 4) is 11.5 Å². The molecule has 1 amide bonds. The van der Waals surface area contributed by atoms with E-state index in [0.717, 1.165) is 27.8 Å². The van der Waals surface area contributed by atoms with Crippen LogP contribution in [-0.2, 0) is 38.9 Å². The van der Waals surface area contributed by atoms with Crippen molar-refractivity contribution < 1.29 is 33.3 Å². The second-order valence-electron chi connectivity index (χ2n) is 14.7. The number of carbonyl (C=O) groups is 1. The average molecular weight is 672 g/mol. The number of likely N-dealkylation sites (tertiary alicyclic amines) is 1. The standard InChI is InChI=1S/C39H49NO7Si/c1-38(2,3)48(6,7)47-31-23-39-20-21-40(37(42)46-25-27-16-12-9-13-17-27)29(33(39)36(44-5)34(31)41)22-28-18-19-30(43-4)35(32(28)39)45-24-26-14-10-8-11-15-26/h8-19,29,31,34,41H,20-25H2,1-7H3/t29-,31+,34-,39-/m1/s1. The number of benzene rings is 3. The third-order valence-electron chi connectivity index (χ3n) is 10.9. The van der Waals surface area contributed by atoms with Crippen LogP contribution in [0.1, 0.15) is 55.9 Å². The summed E-state index contributed by atoms with van der Waals surface area (Å²) in [6, 6.07) is 23.5. The third-order valence-corrected chi connectivity index (χ3v) is 15.4. The summed E-state index contributed by atoms with van der Waals surface area (Å²) >= 11 is 0. The van der Waals surface area contributed by atoms with Crippen LogP contribution in [-0.4, -0.2) is 63.4 Å². The molecule has 48 heavy (non-hydrogen) atoms. The molecule has 1 heterocycles. The van der Waals surface area contributed by atoms with Crippen molar-refractivity contribution in [3.05, 3.63) is 106 Å². The third kappa shape index (κ3) is 6.12. The number of carbonyl (C=O) groups excluding carboxylic acids is 1. The number of methoxy groups -OCH3 is 2. The predicted octanol–water partition coefficient (Wildman–Crippen LogP) is 7.53.